The van der Waals surface area contributed by atoms with Gasteiger partial charge in [0.15, 0.2) is 0 Å². The van der Waals surface area contributed by atoms with Crippen molar-refractivity contribution in [1.29, 1.82) is 5.26 Å². The number of anilines is 3. The minimum absolute atomic E-state index is 0.637. The van der Waals surface area contributed by atoms with Crippen molar-refractivity contribution in [2.24, 2.45) is 0 Å². The quantitative estimate of drug-likeness (QED) is 0.211. The first-order valence-corrected chi connectivity index (χ1v) is 15.0. The van der Waals surface area contributed by atoms with Crippen LogP contribution in [-0.2, 0) is 0 Å². The summed E-state index contributed by atoms with van der Waals surface area (Å²) in [6.07, 6.45) is 0. The SMILES string of the molecule is N#Cc1ccc(N(c2ccccc2)c2cc3c4cc5ccccc5cc4n4c3c(c2)n2c3cc5ccccc5cc3nc24)cc1. The van der Waals surface area contributed by atoms with Gasteiger partial charge in [-0.2, -0.15) is 5.26 Å². The number of fused-ring (bicyclic) bond motifs is 10. The molecule has 208 valence electrons. The van der Waals surface area contributed by atoms with E-state index in [4.69, 9.17) is 4.98 Å². The Kier molecular flexibility index (Phi) is 4.73. The summed E-state index contributed by atoms with van der Waals surface area (Å²) in [6, 6.07) is 51.2. The lowest BCUT2D eigenvalue weighted by atomic mass is 10.0. The number of hydrogen-bond acceptors (Lipinski definition) is 3. The molecule has 0 atom stereocenters. The number of para-hydroxylation sites is 1. The minimum atomic E-state index is 0.637. The molecule has 3 aromatic heterocycles. The third-order valence-electron chi connectivity index (χ3n) is 9.17. The summed E-state index contributed by atoms with van der Waals surface area (Å²) in [5.74, 6) is 0.910. The summed E-state index contributed by atoms with van der Waals surface area (Å²) in [4.78, 5) is 7.55. The molecule has 0 radical (unpaired) electrons. The van der Waals surface area contributed by atoms with Crippen molar-refractivity contribution in [3.05, 3.63) is 145 Å². The second-order valence-corrected chi connectivity index (χ2v) is 11.7. The van der Waals surface area contributed by atoms with Gasteiger partial charge in [-0.3, -0.25) is 8.80 Å². The van der Waals surface area contributed by atoms with E-state index in [2.05, 4.69) is 129 Å². The summed E-state index contributed by atoms with van der Waals surface area (Å²) in [7, 11) is 0. The van der Waals surface area contributed by atoms with E-state index < -0.39 is 0 Å². The first-order valence-electron chi connectivity index (χ1n) is 15.0. The summed E-state index contributed by atoms with van der Waals surface area (Å²) in [5.41, 5.74) is 9.17. The van der Waals surface area contributed by atoms with Crippen molar-refractivity contribution < 1.29 is 0 Å². The Balaban J connectivity index is 1.39. The van der Waals surface area contributed by atoms with Crippen molar-refractivity contribution in [3.63, 3.8) is 0 Å². The fourth-order valence-electron chi connectivity index (χ4n) is 7.15. The van der Waals surface area contributed by atoms with Gasteiger partial charge in [-0.05, 0) is 94.3 Å². The molecule has 0 aliphatic rings. The van der Waals surface area contributed by atoms with E-state index in [0.717, 1.165) is 50.4 Å². The third kappa shape index (κ3) is 3.34. The van der Waals surface area contributed by atoms with Gasteiger partial charge in [-0.15, -0.1) is 0 Å². The zero-order chi connectivity index (χ0) is 29.6. The zero-order valence-corrected chi connectivity index (χ0v) is 24.0. The molecule has 5 nitrogen and oxygen atoms in total. The lowest BCUT2D eigenvalue weighted by Gasteiger charge is -2.25. The molecule has 5 heteroatoms. The molecule has 0 saturated heterocycles. The maximum absolute atomic E-state index is 9.50. The molecule has 3 heterocycles. The van der Waals surface area contributed by atoms with Crippen LogP contribution in [0.4, 0.5) is 17.1 Å². The summed E-state index contributed by atoms with van der Waals surface area (Å²) in [5, 5.41) is 16.7. The second kappa shape index (κ2) is 8.82. The number of nitriles is 1. The molecular formula is C40H23N5. The van der Waals surface area contributed by atoms with Gasteiger partial charge in [-0.1, -0.05) is 66.7 Å². The second-order valence-electron chi connectivity index (χ2n) is 11.7. The smallest absolute Gasteiger partial charge is 0.220 e. The largest absolute Gasteiger partial charge is 0.310 e. The fraction of sp³-hybridized carbons (Fsp3) is 0. The molecule has 0 unspecified atom stereocenters. The van der Waals surface area contributed by atoms with Crippen LogP contribution in [0.2, 0.25) is 0 Å². The Morgan fingerprint density at radius 2 is 1.13 bits per heavy atom. The van der Waals surface area contributed by atoms with Crippen LogP contribution in [0.3, 0.4) is 0 Å². The number of imidazole rings is 2. The molecule has 0 aliphatic heterocycles. The number of rotatable bonds is 3. The normalized spacial score (nSPS) is 12.0. The average molecular weight is 574 g/mol. The van der Waals surface area contributed by atoms with Crippen molar-refractivity contribution >= 4 is 82.7 Å². The van der Waals surface area contributed by atoms with Gasteiger partial charge in [-0.25, -0.2) is 4.98 Å². The van der Waals surface area contributed by atoms with Crippen LogP contribution < -0.4 is 4.90 Å². The Morgan fingerprint density at radius 3 is 1.84 bits per heavy atom. The van der Waals surface area contributed by atoms with Gasteiger partial charge in [0.25, 0.3) is 0 Å². The van der Waals surface area contributed by atoms with E-state index in [1.54, 1.807) is 0 Å². The van der Waals surface area contributed by atoms with Crippen LogP contribution in [-0.4, -0.2) is 13.8 Å². The predicted octanol–water partition coefficient (Wildman–Crippen LogP) is 10.1. The first-order chi connectivity index (χ1) is 22.2. The predicted molar refractivity (Wildman–Crippen MR) is 184 cm³/mol. The van der Waals surface area contributed by atoms with E-state index in [-0.39, 0.29) is 0 Å². The standard InChI is InChI=1S/C40H23N5/c41-24-25-14-16-31(17-15-25)43(30-12-2-1-3-13-30)32-22-34-33-18-26-8-4-6-10-28(26)20-36(33)45-39(34)38(23-32)44-37-21-29-11-7-5-9-27(29)19-35(37)42-40(44)45/h1-23H. The molecule has 45 heavy (non-hydrogen) atoms. The zero-order valence-electron chi connectivity index (χ0n) is 24.0. The molecule has 10 rings (SSSR count). The minimum Gasteiger partial charge on any atom is -0.310 e. The molecule has 0 amide bonds. The number of nitrogens with zero attached hydrogens (tertiary/aromatic N) is 5. The number of benzene rings is 7. The monoisotopic (exact) mass is 573 g/mol. The van der Waals surface area contributed by atoms with Gasteiger partial charge in [0, 0.05) is 27.8 Å². The van der Waals surface area contributed by atoms with E-state index in [9.17, 15) is 5.26 Å². The summed E-state index contributed by atoms with van der Waals surface area (Å²) in [6.45, 7) is 0. The molecular weight excluding hydrogens is 550 g/mol. The maximum Gasteiger partial charge on any atom is 0.220 e. The average Bonchev–Trinajstić information content (AvgIpc) is 3.72. The van der Waals surface area contributed by atoms with E-state index in [0.29, 0.717) is 5.56 Å². The fourth-order valence-corrected chi connectivity index (χ4v) is 7.15. The molecule has 0 fully saturated rings. The van der Waals surface area contributed by atoms with Crippen molar-refractivity contribution in [1.82, 2.24) is 13.8 Å². The maximum atomic E-state index is 9.50. The van der Waals surface area contributed by atoms with Gasteiger partial charge >= 0.3 is 0 Å². The van der Waals surface area contributed by atoms with E-state index >= 15 is 0 Å². The van der Waals surface area contributed by atoms with Crippen LogP contribution in [0.1, 0.15) is 5.56 Å². The topological polar surface area (TPSA) is 48.7 Å². The molecule has 10 aromatic rings. The Bertz CT molecular complexity index is 2820. The molecule has 0 saturated carbocycles. The lowest BCUT2D eigenvalue weighted by molar-refractivity contribution is 1.22. The van der Waals surface area contributed by atoms with Crippen molar-refractivity contribution in [2.75, 3.05) is 4.90 Å². The Hall–Kier alpha value is -6.38. The van der Waals surface area contributed by atoms with Crippen molar-refractivity contribution in [3.8, 4) is 6.07 Å². The third-order valence-corrected chi connectivity index (χ3v) is 9.17. The highest BCUT2D eigenvalue weighted by molar-refractivity contribution is 6.20. The van der Waals surface area contributed by atoms with Crippen LogP contribution in [0.15, 0.2) is 140 Å². The number of hydrogen-bond donors (Lipinski definition) is 0. The summed E-state index contributed by atoms with van der Waals surface area (Å²) < 4.78 is 4.67. The van der Waals surface area contributed by atoms with Gasteiger partial charge in [0.1, 0.15) is 0 Å². The van der Waals surface area contributed by atoms with Crippen LogP contribution >= 0.6 is 0 Å². The van der Waals surface area contributed by atoms with Crippen LogP contribution in [0, 0.1) is 11.3 Å². The highest BCUT2D eigenvalue weighted by Gasteiger charge is 2.24. The highest BCUT2D eigenvalue weighted by atomic mass is 15.2. The Morgan fingerprint density at radius 1 is 0.511 bits per heavy atom. The highest BCUT2D eigenvalue weighted by Crippen LogP contribution is 2.44. The molecule has 0 N–H and O–H groups in total. The van der Waals surface area contributed by atoms with Gasteiger partial charge < -0.3 is 4.90 Å². The van der Waals surface area contributed by atoms with Crippen LogP contribution in [0.25, 0.3) is 65.7 Å². The first kappa shape index (κ1) is 24.1. The van der Waals surface area contributed by atoms with E-state index in [1.807, 2.05) is 30.3 Å². The molecule has 0 aliphatic carbocycles. The Labute approximate surface area is 257 Å². The molecule has 0 spiro atoms. The van der Waals surface area contributed by atoms with Gasteiger partial charge in [0.05, 0.1) is 39.2 Å². The van der Waals surface area contributed by atoms with Crippen LogP contribution in [0.5, 0.6) is 0 Å². The summed E-state index contributed by atoms with van der Waals surface area (Å²) >= 11 is 0. The molecule has 0 bridgehead atoms. The van der Waals surface area contributed by atoms with Crippen molar-refractivity contribution in [2.45, 2.75) is 0 Å². The lowest BCUT2D eigenvalue weighted by Crippen LogP contribution is -2.10. The molecule has 7 aromatic carbocycles. The van der Waals surface area contributed by atoms with Gasteiger partial charge in [0.2, 0.25) is 5.78 Å². The number of aromatic nitrogens is 3. The van der Waals surface area contributed by atoms with E-state index in [1.165, 1.54) is 32.3 Å².